The van der Waals surface area contributed by atoms with Crippen LogP contribution in [0.25, 0.3) is 0 Å². The lowest BCUT2D eigenvalue weighted by Crippen LogP contribution is -2.13. The molecule has 0 aliphatic carbocycles. The zero-order valence-corrected chi connectivity index (χ0v) is 11.4. The van der Waals surface area contributed by atoms with E-state index in [1.54, 1.807) is 24.3 Å². The van der Waals surface area contributed by atoms with E-state index in [9.17, 15) is 9.59 Å². The monoisotopic (exact) mass is 283 g/mol. The van der Waals surface area contributed by atoms with E-state index in [4.69, 9.17) is 9.47 Å². The Kier molecular flexibility index (Phi) is 5.52. The molecule has 107 valence electrons. The fraction of sp³-hybridized carbons (Fsp3) is 0.118. The number of para-hydroxylation sites is 1. The van der Waals surface area contributed by atoms with E-state index in [-0.39, 0.29) is 13.0 Å². The second-order valence-electron chi connectivity index (χ2n) is 4.29. The van der Waals surface area contributed by atoms with E-state index < -0.39 is 11.9 Å². The zero-order valence-electron chi connectivity index (χ0n) is 11.4. The van der Waals surface area contributed by atoms with Gasteiger partial charge in [-0.3, -0.25) is 9.59 Å². The van der Waals surface area contributed by atoms with E-state index >= 15 is 0 Å². The molecular formula is C17H15O4. The largest absolute Gasteiger partial charge is 0.461 e. The minimum absolute atomic E-state index is 0.123. The first-order valence-electron chi connectivity index (χ1n) is 6.53. The highest BCUT2D eigenvalue weighted by molar-refractivity contribution is 5.86. The average Bonchev–Trinajstić information content (AvgIpc) is 2.53. The van der Waals surface area contributed by atoms with Gasteiger partial charge in [-0.1, -0.05) is 48.5 Å². The van der Waals surface area contributed by atoms with Gasteiger partial charge in [0.15, 0.2) is 0 Å². The number of ether oxygens (including phenoxy) is 2. The summed E-state index contributed by atoms with van der Waals surface area (Å²) < 4.78 is 10.1. The molecule has 2 rings (SSSR count). The van der Waals surface area contributed by atoms with Crippen LogP contribution in [0.15, 0.2) is 60.7 Å². The molecule has 0 saturated heterocycles. The smallest absolute Gasteiger partial charge is 0.312 e. The summed E-state index contributed by atoms with van der Waals surface area (Å²) in [5, 5.41) is 0. The Morgan fingerprint density at radius 1 is 0.905 bits per heavy atom. The third-order valence-electron chi connectivity index (χ3n) is 2.63. The van der Waals surface area contributed by atoms with Crippen LogP contribution in [0, 0.1) is 6.42 Å². The van der Waals surface area contributed by atoms with Crippen molar-refractivity contribution in [2.24, 2.45) is 0 Å². The van der Waals surface area contributed by atoms with Crippen molar-refractivity contribution in [3.8, 4) is 5.75 Å². The Morgan fingerprint density at radius 2 is 1.52 bits per heavy atom. The van der Waals surface area contributed by atoms with Crippen molar-refractivity contribution in [1.29, 1.82) is 0 Å². The first-order valence-corrected chi connectivity index (χ1v) is 6.53. The molecule has 0 amide bonds. The number of hydrogen-bond acceptors (Lipinski definition) is 4. The minimum atomic E-state index is -0.538. The predicted octanol–water partition coefficient (Wildman–Crippen LogP) is 2.93. The number of rotatable bonds is 6. The number of carbonyl (C=O) groups is 2. The summed E-state index contributed by atoms with van der Waals surface area (Å²) >= 11 is 0. The van der Waals surface area contributed by atoms with Crippen LogP contribution in [0.3, 0.4) is 0 Å². The topological polar surface area (TPSA) is 52.6 Å². The summed E-state index contributed by atoms with van der Waals surface area (Å²) in [6.45, 7) is 0.184. The third-order valence-corrected chi connectivity index (χ3v) is 2.63. The summed E-state index contributed by atoms with van der Waals surface area (Å²) in [6.07, 6.45) is 1.05. The van der Waals surface area contributed by atoms with Crippen LogP contribution >= 0.6 is 0 Å². The van der Waals surface area contributed by atoms with Crippen molar-refractivity contribution in [3.63, 3.8) is 0 Å². The SMILES string of the molecule is O=C([CH]CC(=O)Oc1ccccc1)OCc1ccccc1. The molecule has 2 aromatic rings. The summed E-state index contributed by atoms with van der Waals surface area (Å²) in [7, 11) is 0. The van der Waals surface area contributed by atoms with Crippen LogP contribution in [-0.2, 0) is 20.9 Å². The Morgan fingerprint density at radius 3 is 2.19 bits per heavy atom. The van der Waals surface area contributed by atoms with Crippen molar-refractivity contribution in [2.75, 3.05) is 0 Å². The van der Waals surface area contributed by atoms with Crippen molar-refractivity contribution >= 4 is 11.9 Å². The molecule has 0 saturated carbocycles. The van der Waals surface area contributed by atoms with Crippen LogP contribution in [0.4, 0.5) is 0 Å². The van der Waals surface area contributed by atoms with Gasteiger partial charge >= 0.3 is 11.9 Å². The van der Waals surface area contributed by atoms with Crippen LogP contribution in [0.1, 0.15) is 12.0 Å². The number of carbonyl (C=O) groups excluding carboxylic acids is 2. The van der Waals surface area contributed by atoms with Crippen LogP contribution in [0.2, 0.25) is 0 Å². The van der Waals surface area contributed by atoms with Gasteiger partial charge in [0, 0.05) is 0 Å². The second-order valence-corrected chi connectivity index (χ2v) is 4.29. The Balaban J connectivity index is 1.68. The minimum Gasteiger partial charge on any atom is -0.461 e. The highest BCUT2D eigenvalue weighted by Gasteiger charge is 2.10. The molecule has 0 heterocycles. The molecule has 0 aliphatic heterocycles. The standard InChI is InChI=1S/C17H15O4/c18-16(20-13-14-7-3-1-4-8-14)11-12-17(19)21-15-9-5-2-6-10-15/h1-11H,12-13H2. The highest BCUT2D eigenvalue weighted by atomic mass is 16.5. The fourth-order valence-electron chi connectivity index (χ4n) is 1.62. The zero-order chi connectivity index (χ0) is 14.9. The van der Waals surface area contributed by atoms with Gasteiger partial charge in [-0.15, -0.1) is 0 Å². The van der Waals surface area contributed by atoms with E-state index in [2.05, 4.69) is 0 Å². The molecule has 2 aromatic carbocycles. The van der Waals surface area contributed by atoms with Crippen molar-refractivity contribution in [3.05, 3.63) is 72.6 Å². The maximum absolute atomic E-state index is 11.5. The first kappa shape index (κ1) is 14.8. The Labute approximate surface area is 123 Å². The molecule has 4 nitrogen and oxygen atoms in total. The molecular weight excluding hydrogens is 268 g/mol. The molecule has 4 heteroatoms. The van der Waals surface area contributed by atoms with Crippen molar-refractivity contribution in [1.82, 2.24) is 0 Å². The molecule has 0 atom stereocenters. The van der Waals surface area contributed by atoms with Gasteiger partial charge in [-0.25, -0.2) is 0 Å². The van der Waals surface area contributed by atoms with Crippen molar-refractivity contribution in [2.45, 2.75) is 13.0 Å². The predicted molar refractivity (Wildman–Crippen MR) is 77.2 cm³/mol. The van der Waals surface area contributed by atoms with E-state index in [0.29, 0.717) is 5.75 Å². The number of hydrogen-bond donors (Lipinski definition) is 0. The van der Waals surface area contributed by atoms with Gasteiger partial charge in [0.1, 0.15) is 12.4 Å². The Hall–Kier alpha value is -2.62. The van der Waals surface area contributed by atoms with E-state index in [1.165, 1.54) is 6.42 Å². The summed E-state index contributed by atoms with van der Waals surface area (Å²) in [4.78, 5) is 23.0. The van der Waals surface area contributed by atoms with Gasteiger partial charge in [-0.05, 0) is 17.7 Å². The molecule has 0 aliphatic rings. The van der Waals surface area contributed by atoms with Crippen molar-refractivity contribution < 1.29 is 19.1 Å². The molecule has 0 fully saturated rings. The maximum atomic E-state index is 11.5. The van der Waals surface area contributed by atoms with Crippen LogP contribution in [-0.4, -0.2) is 11.9 Å². The number of benzene rings is 2. The van der Waals surface area contributed by atoms with Gasteiger partial charge < -0.3 is 9.47 Å². The summed E-state index contributed by atoms with van der Waals surface area (Å²) in [6, 6.07) is 18.0. The highest BCUT2D eigenvalue weighted by Crippen LogP contribution is 2.10. The molecule has 0 N–H and O–H groups in total. The molecule has 0 spiro atoms. The molecule has 21 heavy (non-hydrogen) atoms. The van der Waals surface area contributed by atoms with Gasteiger partial charge in [0.05, 0.1) is 12.8 Å². The average molecular weight is 283 g/mol. The van der Waals surface area contributed by atoms with Crippen LogP contribution < -0.4 is 4.74 Å². The first-order chi connectivity index (χ1) is 10.2. The fourth-order valence-corrected chi connectivity index (χ4v) is 1.62. The van der Waals surface area contributed by atoms with E-state index in [1.807, 2.05) is 36.4 Å². The van der Waals surface area contributed by atoms with Gasteiger partial charge in [0.25, 0.3) is 0 Å². The third kappa shape index (κ3) is 5.48. The summed E-state index contributed by atoms with van der Waals surface area (Å²) in [5.41, 5.74) is 0.895. The number of esters is 2. The molecule has 0 aromatic heterocycles. The molecule has 0 unspecified atom stereocenters. The lowest BCUT2D eigenvalue weighted by atomic mass is 10.2. The van der Waals surface area contributed by atoms with Gasteiger partial charge in [-0.2, -0.15) is 0 Å². The lowest BCUT2D eigenvalue weighted by Gasteiger charge is -2.05. The molecule has 1 radical (unpaired) electrons. The van der Waals surface area contributed by atoms with Gasteiger partial charge in [0.2, 0.25) is 0 Å². The quantitative estimate of drug-likeness (QED) is 0.604. The summed E-state index contributed by atoms with van der Waals surface area (Å²) in [5.74, 6) is -0.588. The normalized spacial score (nSPS) is 9.90. The Bertz CT molecular complexity index is 578. The second kappa shape index (κ2) is 7.85. The molecule has 0 bridgehead atoms. The lowest BCUT2D eigenvalue weighted by molar-refractivity contribution is -0.143. The maximum Gasteiger partial charge on any atom is 0.312 e. The van der Waals surface area contributed by atoms with E-state index in [0.717, 1.165) is 5.56 Å². The van der Waals surface area contributed by atoms with Crippen LogP contribution in [0.5, 0.6) is 5.75 Å².